The molecular formula is C13H21NO2S. The quantitative estimate of drug-likeness (QED) is 0.563. The fourth-order valence-electron chi connectivity index (χ4n) is 1.79. The number of amides is 1. The van der Waals surface area contributed by atoms with Crippen LogP contribution in [0.5, 0.6) is 0 Å². The zero-order chi connectivity index (χ0) is 12.7. The minimum atomic E-state index is -0.704. The molecule has 0 radical (unpaired) electrons. The summed E-state index contributed by atoms with van der Waals surface area (Å²) >= 11 is 1.77. The molecule has 0 aliphatic heterocycles. The molecule has 0 saturated heterocycles. The summed E-state index contributed by atoms with van der Waals surface area (Å²) in [6, 6.07) is 0. The molecule has 0 bridgehead atoms. The fourth-order valence-corrected chi connectivity index (χ4v) is 2.99. The number of rotatable bonds is 6. The van der Waals surface area contributed by atoms with Gasteiger partial charge in [0.15, 0.2) is 0 Å². The van der Waals surface area contributed by atoms with E-state index in [9.17, 15) is 9.90 Å². The standard InChI is InChI=1S/C13H21NO2S/c1-3-5-6-7-12(15)14-10-13(16)9-8-11(13)17-4-2/h3,5-7,11,16H,4,8-10H2,1-2H3,(H,14,15)/b5-3+,7-6+/t11-,13-/m0/s1. The van der Waals surface area contributed by atoms with Gasteiger partial charge in [-0.2, -0.15) is 11.8 Å². The van der Waals surface area contributed by atoms with E-state index in [0.717, 1.165) is 18.6 Å². The van der Waals surface area contributed by atoms with Gasteiger partial charge in [-0.25, -0.2) is 0 Å². The average Bonchev–Trinajstić information content (AvgIpc) is 2.32. The molecule has 1 saturated carbocycles. The van der Waals surface area contributed by atoms with Crippen LogP contribution in [0.1, 0.15) is 26.7 Å². The molecule has 2 atom stereocenters. The van der Waals surface area contributed by atoms with E-state index in [-0.39, 0.29) is 11.2 Å². The van der Waals surface area contributed by atoms with E-state index in [1.54, 1.807) is 23.9 Å². The van der Waals surface area contributed by atoms with Gasteiger partial charge in [0.25, 0.3) is 0 Å². The molecule has 1 aliphatic carbocycles. The summed E-state index contributed by atoms with van der Waals surface area (Å²) in [6.07, 6.45) is 8.65. The van der Waals surface area contributed by atoms with Gasteiger partial charge in [0.2, 0.25) is 5.91 Å². The molecular weight excluding hydrogens is 234 g/mol. The van der Waals surface area contributed by atoms with Crippen molar-refractivity contribution in [2.75, 3.05) is 12.3 Å². The van der Waals surface area contributed by atoms with Crippen LogP contribution in [-0.2, 0) is 4.79 Å². The van der Waals surface area contributed by atoms with Crippen molar-refractivity contribution in [2.24, 2.45) is 0 Å². The molecule has 0 aromatic rings. The molecule has 0 spiro atoms. The van der Waals surface area contributed by atoms with Crippen LogP contribution in [-0.4, -0.2) is 34.2 Å². The van der Waals surface area contributed by atoms with E-state index in [2.05, 4.69) is 12.2 Å². The molecule has 1 rings (SSSR count). The molecule has 96 valence electrons. The minimum Gasteiger partial charge on any atom is -0.387 e. The van der Waals surface area contributed by atoms with Crippen molar-refractivity contribution in [3.63, 3.8) is 0 Å². The van der Waals surface area contributed by atoms with Crippen molar-refractivity contribution >= 4 is 17.7 Å². The van der Waals surface area contributed by atoms with Gasteiger partial charge in [0.1, 0.15) is 0 Å². The molecule has 3 nitrogen and oxygen atoms in total. The predicted octanol–water partition coefficient (Wildman–Crippen LogP) is 1.88. The lowest BCUT2D eigenvalue weighted by Gasteiger charge is -2.44. The second-order valence-electron chi connectivity index (χ2n) is 4.19. The Morgan fingerprint density at radius 3 is 2.88 bits per heavy atom. The fraction of sp³-hybridized carbons (Fsp3) is 0.615. The van der Waals surface area contributed by atoms with E-state index in [0.29, 0.717) is 6.54 Å². The third kappa shape index (κ3) is 4.21. The van der Waals surface area contributed by atoms with Gasteiger partial charge in [-0.3, -0.25) is 4.79 Å². The van der Waals surface area contributed by atoms with E-state index < -0.39 is 5.60 Å². The topological polar surface area (TPSA) is 49.3 Å². The Bertz CT molecular complexity index is 315. The highest BCUT2D eigenvalue weighted by Gasteiger charge is 2.45. The summed E-state index contributed by atoms with van der Waals surface area (Å²) in [5, 5.41) is 13.3. The van der Waals surface area contributed by atoms with Crippen LogP contribution in [0, 0.1) is 0 Å². The van der Waals surface area contributed by atoms with Crippen molar-refractivity contribution in [3.05, 3.63) is 24.3 Å². The second kappa shape index (κ2) is 6.87. The highest BCUT2D eigenvalue weighted by atomic mass is 32.2. The van der Waals surface area contributed by atoms with Crippen molar-refractivity contribution in [2.45, 2.75) is 37.5 Å². The summed E-state index contributed by atoms with van der Waals surface area (Å²) in [7, 11) is 0. The Morgan fingerprint density at radius 2 is 2.35 bits per heavy atom. The molecule has 2 N–H and O–H groups in total. The molecule has 4 heteroatoms. The number of nitrogens with one attached hydrogen (secondary N) is 1. The second-order valence-corrected chi connectivity index (χ2v) is 5.67. The Balaban J connectivity index is 2.32. The van der Waals surface area contributed by atoms with Crippen molar-refractivity contribution in [1.82, 2.24) is 5.32 Å². The first kappa shape index (κ1) is 14.3. The van der Waals surface area contributed by atoms with Gasteiger partial charge in [-0.1, -0.05) is 25.2 Å². The van der Waals surface area contributed by atoms with Gasteiger partial charge >= 0.3 is 0 Å². The number of thioether (sulfide) groups is 1. The van der Waals surface area contributed by atoms with Crippen LogP contribution in [0.25, 0.3) is 0 Å². The first-order valence-electron chi connectivity index (χ1n) is 6.03. The van der Waals surface area contributed by atoms with Crippen LogP contribution in [0.2, 0.25) is 0 Å². The number of hydrogen-bond donors (Lipinski definition) is 2. The zero-order valence-corrected chi connectivity index (χ0v) is 11.3. The van der Waals surface area contributed by atoms with Crippen molar-refractivity contribution < 1.29 is 9.90 Å². The molecule has 0 aromatic carbocycles. The van der Waals surface area contributed by atoms with E-state index in [1.807, 2.05) is 13.0 Å². The van der Waals surface area contributed by atoms with Gasteiger partial charge in [-0.05, 0) is 25.5 Å². The van der Waals surface area contributed by atoms with E-state index in [4.69, 9.17) is 0 Å². The maximum absolute atomic E-state index is 11.4. The monoisotopic (exact) mass is 255 g/mol. The van der Waals surface area contributed by atoms with Crippen molar-refractivity contribution in [1.29, 1.82) is 0 Å². The number of carbonyl (C=O) groups excluding carboxylic acids is 1. The molecule has 0 aromatic heterocycles. The van der Waals surface area contributed by atoms with Crippen LogP contribution in [0.4, 0.5) is 0 Å². The SMILES string of the molecule is C/C=C/C=C/C(=O)NC[C@@]1(O)CC[C@@H]1SCC. The average molecular weight is 255 g/mol. The maximum Gasteiger partial charge on any atom is 0.244 e. The lowest BCUT2D eigenvalue weighted by molar-refractivity contribution is -0.118. The normalized spacial score (nSPS) is 28.5. The Morgan fingerprint density at radius 1 is 1.59 bits per heavy atom. The Kier molecular flexibility index (Phi) is 5.78. The van der Waals surface area contributed by atoms with Gasteiger partial charge in [0, 0.05) is 17.9 Å². The van der Waals surface area contributed by atoms with Gasteiger partial charge in [0.05, 0.1) is 5.60 Å². The molecule has 0 unspecified atom stereocenters. The third-order valence-corrected chi connectivity index (χ3v) is 4.34. The molecule has 1 amide bonds. The van der Waals surface area contributed by atoms with E-state index >= 15 is 0 Å². The Labute approximate surface area is 107 Å². The number of aliphatic hydroxyl groups is 1. The number of hydrogen-bond acceptors (Lipinski definition) is 3. The van der Waals surface area contributed by atoms with Crippen LogP contribution < -0.4 is 5.32 Å². The Hall–Kier alpha value is -0.740. The zero-order valence-electron chi connectivity index (χ0n) is 10.5. The van der Waals surface area contributed by atoms with Gasteiger partial charge in [-0.15, -0.1) is 0 Å². The molecule has 17 heavy (non-hydrogen) atoms. The molecule has 0 heterocycles. The first-order valence-corrected chi connectivity index (χ1v) is 7.08. The third-order valence-electron chi connectivity index (χ3n) is 2.93. The summed E-state index contributed by atoms with van der Waals surface area (Å²) in [4.78, 5) is 11.4. The minimum absolute atomic E-state index is 0.149. The van der Waals surface area contributed by atoms with Crippen molar-refractivity contribution in [3.8, 4) is 0 Å². The summed E-state index contributed by atoms with van der Waals surface area (Å²) in [5.74, 6) is 0.853. The first-order chi connectivity index (χ1) is 8.12. The lowest BCUT2D eigenvalue weighted by Crippen LogP contribution is -2.56. The largest absolute Gasteiger partial charge is 0.387 e. The molecule has 1 aliphatic rings. The maximum atomic E-state index is 11.4. The van der Waals surface area contributed by atoms with E-state index in [1.165, 1.54) is 6.08 Å². The summed E-state index contributed by atoms with van der Waals surface area (Å²) in [6.45, 7) is 4.33. The van der Waals surface area contributed by atoms with Crippen LogP contribution in [0.3, 0.4) is 0 Å². The smallest absolute Gasteiger partial charge is 0.244 e. The summed E-state index contributed by atoms with van der Waals surface area (Å²) in [5.41, 5.74) is -0.704. The van der Waals surface area contributed by atoms with Crippen LogP contribution in [0.15, 0.2) is 24.3 Å². The lowest BCUT2D eigenvalue weighted by atomic mass is 9.79. The predicted molar refractivity (Wildman–Crippen MR) is 73.1 cm³/mol. The highest BCUT2D eigenvalue weighted by molar-refractivity contribution is 8.00. The summed E-state index contributed by atoms with van der Waals surface area (Å²) < 4.78 is 0. The number of carbonyl (C=O) groups is 1. The van der Waals surface area contributed by atoms with Crippen LogP contribution >= 0.6 is 11.8 Å². The van der Waals surface area contributed by atoms with Gasteiger partial charge < -0.3 is 10.4 Å². The number of allylic oxidation sites excluding steroid dienone is 3. The highest BCUT2D eigenvalue weighted by Crippen LogP contribution is 2.40. The molecule has 1 fully saturated rings.